The van der Waals surface area contributed by atoms with Crippen LogP contribution in [0.2, 0.25) is 0 Å². The van der Waals surface area contributed by atoms with Gasteiger partial charge in [-0.05, 0) is 37.9 Å². The molecule has 18 heavy (non-hydrogen) atoms. The quantitative estimate of drug-likeness (QED) is 0.720. The lowest BCUT2D eigenvalue weighted by Crippen LogP contribution is -2.16. The van der Waals surface area contributed by atoms with Crippen molar-refractivity contribution in [3.63, 3.8) is 0 Å². The number of carbonyl (C=O) groups excluding carboxylic acids is 1. The summed E-state index contributed by atoms with van der Waals surface area (Å²) in [6.07, 6.45) is 2.57. The van der Waals surface area contributed by atoms with Crippen LogP contribution in [0.25, 0.3) is 0 Å². The molecule has 1 aromatic rings. The van der Waals surface area contributed by atoms with E-state index in [4.69, 9.17) is 4.74 Å². The van der Waals surface area contributed by atoms with Gasteiger partial charge in [-0.1, -0.05) is 19.1 Å². The van der Waals surface area contributed by atoms with Gasteiger partial charge in [0.05, 0.1) is 7.11 Å². The molecule has 100 valence electrons. The maximum Gasteiger partial charge on any atom is 0.129 e. The molecule has 1 aromatic carbocycles. The number of Topliss-reactive ketones (excluding diaryl/α,β-unsaturated/α-hetero) is 1. The molecule has 1 rings (SSSR count). The van der Waals surface area contributed by atoms with Crippen molar-refractivity contribution < 1.29 is 9.53 Å². The van der Waals surface area contributed by atoms with E-state index < -0.39 is 0 Å². The minimum absolute atomic E-state index is 0.252. The van der Waals surface area contributed by atoms with Gasteiger partial charge >= 0.3 is 0 Å². The maximum atomic E-state index is 10.8. The molecule has 0 atom stereocenters. The van der Waals surface area contributed by atoms with Gasteiger partial charge in [0.1, 0.15) is 11.5 Å². The number of hydrogen-bond donors (Lipinski definition) is 1. The molecular weight excluding hydrogens is 226 g/mol. The standard InChI is InChI=1S/C15H23NO2/c1-4-13-7-8-15(18-3)14(10-13)11-16-9-5-6-12(2)17/h7-8,10,16H,4-6,9,11H2,1-3H3. The van der Waals surface area contributed by atoms with Crippen LogP contribution in [0.1, 0.15) is 37.8 Å². The molecule has 1 N–H and O–H groups in total. The number of methoxy groups -OCH3 is 1. The van der Waals surface area contributed by atoms with Crippen LogP contribution in [0.3, 0.4) is 0 Å². The molecular formula is C15H23NO2. The van der Waals surface area contributed by atoms with Crippen molar-refractivity contribution in [2.24, 2.45) is 0 Å². The van der Waals surface area contributed by atoms with Crippen molar-refractivity contribution in [3.05, 3.63) is 29.3 Å². The SMILES string of the molecule is CCc1ccc(OC)c(CNCCCC(C)=O)c1. The van der Waals surface area contributed by atoms with Gasteiger partial charge in [-0.25, -0.2) is 0 Å². The third-order valence-corrected chi connectivity index (χ3v) is 2.95. The molecule has 0 bridgehead atoms. The third kappa shape index (κ3) is 4.88. The lowest BCUT2D eigenvalue weighted by atomic mass is 10.1. The van der Waals surface area contributed by atoms with Crippen molar-refractivity contribution in [2.45, 2.75) is 39.7 Å². The van der Waals surface area contributed by atoms with Gasteiger partial charge in [0.2, 0.25) is 0 Å². The highest BCUT2D eigenvalue weighted by atomic mass is 16.5. The van der Waals surface area contributed by atoms with Gasteiger partial charge in [-0.15, -0.1) is 0 Å². The predicted molar refractivity (Wildman–Crippen MR) is 74.0 cm³/mol. The van der Waals surface area contributed by atoms with E-state index in [-0.39, 0.29) is 5.78 Å². The molecule has 0 amide bonds. The minimum atomic E-state index is 0.252. The molecule has 0 saturated carbocycles. The molecule has 0 aliphatic heterocycles. The second-order valence-electron chi connectivity index (χ2n) is 4.48. The predicted octanol–water partition coefficient (Wildman–Crippen LogP) is 2.72. The van der Waals surface area contributed by atoms with E-state index in [0.29, 0.717) is 6.42 Å². The van der Waals surface area contributed by atoms with Gasteiger partial charge in [0.25, 0.3) is 0 Å². The fraction of sp³-hybridized carbons (Fsp3) is 0.533. The van der Waals surface area contributed by atoms with Crippen LogP contribution in [0.5, 0.6) is 5.75 Å². The summed E-state index contributed by atoms with van der Waals surface area (Å²) in [5, 5.41) is 3.35. The second kappa shape index (κ2) is 7.88. The topological polar surface area (TPSA) is 38.3 Å². The zero-order chi connectivity index (χ0) is 13.4. The Hall–Kier alpha value is -1.35. The first kappa shape index (κ1) is 14.7. The summed E-state index contributed by atoms with van der Waals surface area (Å²) in [6.45, 7) is 5.42. The molecule has 0 saturated heterocycles. The van der Waals surface area contributed by atoms with E-state index in [2.05, 4.69) is 24.4 Å². The highest BCUT2D eigenvalue weighted by Gasteiger charge is 2.03. The Kier molecular flexibility index (Phi) is 6.44. The highest BCUT2D eigenvalue weighted by Crippen LogP contribution is 2.20. The Labute approximate surface area is 110 Å². The zero-order valence-electron chi connectivity index (χ0n) is 11.6. The summed E-state index contributed by atoms with van der Waals surface area (Å²) in [6, 6.07) is 6.29. The molecule has 0 aliphatic rings. The summed E-state index contributed by atoms with van der Waals surface area (Å²) in [5.41, 5.74) is 2.50. The second-order valence-corrected chi connectivity index (χ2v) is 4.48. The molecule has 0 spiro atoms. The first-order valence-electron chi connectivity index (χ1n) is 6.53. The molecule has 0 heterocycles. The van der Waals surface area contributed by atoms with Crippen molar-refractivity contribution >= 4 is 5.78 Å². The largest absolute Gasteiger partial charge is 0.496 e. The van der Waals surface area contributed by atoms with Crippen LogP contribution in [0.4, 0.5) is 0 Å². The zero-order valence-corrected chi connectivity index (χ0v) is 11.6. The smallest absolute Gasteiger partial charge is 0.129 e. The number of carbonyl (C=O) groups is 1. The van der Waals surface area contributed by atoms with E-state index in [9.17, 15) is 4.79 Å². The Morgan fingerprint density at radius 1 is 1.39 bits per heavy atom. The Bertz CT molecular complexity index is 388. The summed E-state index contributed by atoms with van der Waals surface area (Å²) in [5.74, 6) is 1.17. The Balaban J connectivity index is 2.47. The first-order valence-corrected chi connectivity index (χ1v) is 6.53. The molecule has 0 fully saturated rings. The first-order chi connectivity index (χ1) is 8.67. The van der Waals surface area contributed by atoms with E-state index in [1.807, 2.05) is 6.07 Å². The number of nitrogens with one attached hydrogen (secondary N) is 1. The van der Waals surface area contributed by atoms with Crippen molar-refractivity contribution in [3.8, 4) is 5.75 Å². The molecule has 3 heteroatoms. The average molecular weight is 249 g/mol. The monoisotopic (exact) mass is 249 g/mol. The normalized spacial score (nSPS) is 10.4. The van der Waals surface area contributed by atoms with Crippen LogP contribution in [-0.4, -0.2) is 19.4 Å². The molecule has 0 aromatic heterocycles. The number of ether oxygens (including phenoxy) is 1. The van der Waals surface area contributed by atoms with E-state index >= 15 is 0 Å². The Morgan fingerprint density at radius 2 is 2.17 bits per heavy atom. The lowest BCUT2D eigenvalue weighted by Gasteiger charge is -2.11. The third-order valence-electron chi connectivity index (χ3n) is 2.95. The van der Waals surface area contributed by atoms with Crippen LogP contribution in [0, 0.1) is 0 Å². The number of rotatable bonds is 8. The van der Waals surface area contributed by atoms with Crippen molar-refractivity contribution in [1.29, 1.82) is 0 Å². The van der Waals surface area contributed by atoms with E-state index in [1.54, 1.807) is 14.0 Å². The summed E-state index contributed by atoms with van der Waals surface area (Å²) >= 11 is 0. The van der Waals surface area contributed by atoms with Gasteiger partial charge in [-0.2, -0.15) is 0 Å². The number of aryl methyl sites for hydroxylation is 1. The minimum Gasteiger partial charge on any atom is -0.496 e. The van der Waals surface area contributed by atoms with Crippen molar-refractivity contribution in [1.82, 2.24) is 5.32 Å². The maximum absolute atomic E-state index is 10.8. The fourth-order valence-electron chi connectivity index (χ4n) is 1.88. The van der Waals surface area contributed by atoms with Crippen LogP contribution >= 0.6 is 0 Å². The van der Waals surface area contributed by atoms with E-state index in [0.717, 1.165) is 31.7 Å². The Morgan fingerprint density at radius 3 is 2.78 bits per heavy atom. The lowest BCUT2D eigenvalue weighted by molar-refractivity contribution is -0.117. The van der Waals surface area contributed by atoms with Gasteiger partial charge in [-0.3, -0.25) is 0 Å². The highest BCUT2D eigenvalue weighted by molar-refractivity contribution is 5.75. The van der Waals surface area contributed by atoms with Crippen molar-refractivity contribution in [2.75, 3.05) is 13.7 Å². The van der Waals surface area contributed by atoms with E-state index in [1.165, 1.54) is 11.1 Å². The van der Waals surface area contributed by atoms with Crippen LogP contribution in [-0.2, 0) is 17.8 Å². The molecule has 0 radical (unpaired) electrons. The summed E-state index contributed by atoms with van der Waals surface area (Å²) in [7, 11) is 1.69. The number of hydrogen-bond acceptors (Lipinski definition) is 3. The number of ketones is 1. The van der Waals surface area contributed by atoms with Gasteiger partial charge in [0.15, 0.2) is 0 Å². The molecule has 0 aliphatic carbocycles. The van der Waals surface area contributed by atoms with Gasteiger partial charge in [0, 0.05) is 18.5 Å². The van der Waals surface area contributed by atoms with Crippen LogP contribution < -0.4 is 10.1 Å². The van der Waals surface area contributed by atoms with Gasteiger partial charge < -0.3 is 14.8 Å². The summed E-state index contributed by atoms with van der Waals surface area (Å²) < 4.78 is 5.35. The molecule has 0 unspecified atom stereocenters. The number of benzene rings is 1. The summed E-state index contributed by atoms with van der Waals surface area (Å²) in [4.78, 5) is 10.8. The van der Waals surface area contributed by atoms with Crippen LogP contribution in [0.15, 0.2) is 18.2 Å². The fourth-order valence-corrected chi connectivity index (χ4v) is 1.88. The average Bonchev–Trinajstić information content (AvgIpc) is 2.37. The molecule has 3 nitrogen and oxygen atoms in total.